The molecule has 0 bridgehead atoms. The molecule has 0 aliphatic carbocycles. The average molecular weight is 1040 g/mol. The summed E-state index contributed by atoms with van der Waals surface area (Å²) in [4.78, 5) is 24.5. The molecule has 436 valence electrons. The number of carbonyl (C=O) groups excluding carboxylic acids is 2. The van der Waals surface area contributed by atoms with Crippen molar-refractivity contribution in [3.05, 3.63) is 36.5 Å². The van der Waals surface area contributed by atoms with E-state index in [1.165, 1.54) is 289 Å². The largest absolute Gasteiger partial charge is 0.466 e. The van der Waals surface area contributed by atoms with Gasteiger partial charge < -0.3 is 20.3 Å². The van der Waals surface area contributed by atoms with Crippen molar-refractivity contribution in [3.63, 3.8) is 0 Å². The van der Waals surface area contributed by atoms with Gasteiger partial charge >= 0.3 is 5.97 Å². The first-order chi connectivity index (χ1) is 36.5. The van der Waals surface area contributed by atoms with Crippen LogP contribution in [0.15, 0.2) is 36.5 Å². The van der Waals surface area contributed by atoms with Crippen molar-refractivity contribution >= 4 is 11.9 Å². The standard InChI is InChI=1S/C68H129NO5/c1-3-5-7-9-11-13-15-37-42-46-50-54-58-62-68(73)74-63-59-55-51-47-43-39-36-34-32-30-28-26-24-22-20-18-17-19-21-23-25-27-29-31-33-35-38-41-45-49-53-57-61-67(72)69-65(64-70)66(71)60-56-52-48-44-40-16-14-12-10-8-6-4-2/h13,15,20,22,56,60,65-66,70-71H,3-12,14,16-19,21,23-55,57-59,61-64H2,1-2H3,(H,69,72)/b15-13-,22-20-,60-56+. The second kappa shape index (κ2) is 63.6. The van der Waals surface area contributed by atoms with Crippen LogP contribution in [0, 0.1) is 0 Å². The second-order valence-electron chi connectivity index (χ2n) is 22.8. The third-order valence-corrected chi connectivity index (χ3v) is 15.4. The lowest BCUT2D eigenvalue weighted by atomic mass is 10.0. The first-order valence-corrected chi connectivity index (χ1v) is 33.3. The molecule has 0 saturated heterocycles. The van der Waals surface area contributed by atoms with Gasteiger partial charge in [-0.25, -0.2) is 0 Å². The Bertz CT molecular complexity index is 1200. The van der Waals surface area contributed by atoms with E-state index in [0.29, 0.717) is 19.4 Å². The van der Waals surface area contributed by atoms with Crippen molar-refractivity contribution in [2.75, 3.05) is 13.2 Å². The highest BCUT2D eigenvalue weighted by Crippen LogP contribution is 2.18. The maximum atomic E-state index is 12.4. The highest BCUT2D eigenvalue weighted by Gasteiger charge is 2.18. The van der Waals surface area contributed by atoms with Gasteiger partial charge in [-0.2, -0.15) is 0 Å². The van der Waals surface area contributed by atoms with Crippen molar-refractivity contribution in [1.29, 1.82) is 0 Å². The number of aliphatic hydroxyl groups is 2. The molecular weight excluding hydrogens is 911 g/mol. The minimum Gasteiger partial charge on any atom is -0.466 e. The van der Waals surface area contributed by atoms with Gasteiger partial charge in [0.25, 0.3) is 0 Å². The molecule has 0 rings (SSSR count). The van der Waals surface area contributed by atoms with Crippen molar-refractivity contribution in [1.82, 2.24) is 5.32 Å². The van der Waals surface area contributed by atoms with Crippen LogP contribution in [0.4, 0.5) is 0 Å². The van der Waals surface area contributed by atoms with Crippen LogP contribution in [0.25, 0.3) is 0 Å². The zero-order valence-corrected chi connectivity index (χ0v) is 49.8. The summed E-state index contributed by atoms with van der Waals surface area (Å²) in [5.74, 6) is -0.0564. The first-order valence-electron chi connectivity index (χ1n) is 33.3. The van der Waals surface area contributed by atoms with Gasteiger partial charge in [0.15, 0.2) is 0 Å². The monoisotopic (exact) mass is 1040 g/mol. The highest BCUT2D eigenvalue weighted by molar-refractivity contribution is 5.76. The lowest BCUT2D eigenvalue weighted by Gasteiger charge is -2.20. The molecule has 6 heteroatoms. The maximum absolute atomic E-state index is 12.4. The van der Waals surface area contributed by atoms with Crippen LogP contribution in [-0.2, 0) is 14.3 Å². The van der Waals surface area contributed by atoms with E-state index < -0.39 is 12.1 Å². The van der Waals surface area contributed by atoms with E-state index in [0.717, 1.165) is 44.9 Å². The molecule has 3 N–H and O–H groups in total. The quantitative estimate of drug-likeness (QED) is 0.0320. The fourth-order valence-electron chi connectivity index (χ4n) is 10.3. The van der Waals surface area contributed by atoms with Crippen molar-refractivity contribution < 1.29 is 24.5 Å². The molecule has 0 fully saturated rings. The molecule has 0 radical (unpaired) electrons. The highest BCUT2D eigenvalue weighted by atomic mass is 16.5. The minimum absolute atomic E-state index is 0.00866. The van der Waals surface area contributed by atoms with Gasteiger partial charge in [-0.05, 0) is 83.5 Å². The lowest BCUT2D eigenvalue weighted by Crippen LogP contribution is -2.45. The number of allylic oxidation sites excluding steroid dienone is 5. The molecule has 0 aliphatic heterocycles. The summed E-state index contributed by atoms with van der Waals surface area (Å²) in [5, 5.41) is 23.1. The SMILES string of the molecule is CCCCCC/C=C\CCCCCCCC(=O)OCCCCCCCCCCCCCC/C=C\CCCCCCCCCCCCCCCCCCC(=O)NC(CO)C(O)/C=C/CCCCCCCCCCCC. The van der Waals surface area contributed by atoms with Crippen LogP contribution in [0.3, 0.4) is 0 Å². The summed E-state index contributed by atoms with van der Waals surface area (Å²) < 4.78 is 5.48. The van der Waals surface area contributed by atoms with E-state index in [4.69, 9.17) is 4.74 Å². The van der Waals surface area contributed by atoms with Crippen molar-refractivity contribution in [2.24, 2.45) is 0 Å². The molecule has 0 aromatic rings. The van der Waals surface area contributed by atoms with E-state index >= 15 is 0 Å². The van der Waals surface area contributed by atoms with Gasteiger partial charge in [0.1, 0.15) is 0 Å². The number of hydrogen-bond donors (Lipinski definition) is 3. The summed E-state index contributed by atoms with van der Waals surface area (Å²) in [6.45, 7) is 4.90. The van der Waals surface area contributed by atoms with Gasteiger partial charge in [0.05, 0.1) is 25.4 Å². The number of ether oxygens (including phenoxy) is 1. The number of nitrogens with one attached hydrogen (secondary N) is 1. The summed E-state index contributed by atoms with van der Waals surface area (Å²) >= 11 is 0. The smallest absolute Gasteiger partial charge is 0.305 e. The third kappa shape index (κ3) is 59.3. The Morgan fingerprint density at radius 1 is 0.365 bits per heavy atom. The van der Waals surface area contributed by atoms with Gasteiger partial charge in [-0.15, -0.1) is 0 Å². The molecule has 0 aromatic carbocycles. The molecule has 2 atom stereocenters. The Kier molecular flexibility index (Phi) is 62.0. The minimum atomic E-state index is -0.841. The number of hydrogen-bond acceptors (Lipinski definition) is 5. The Labute approximate surface area is 462 Å². The van der Waals surface area contributed by atoms with Gasteiger partial charge in [-0.3, -0.25) is 9.59 Å². The molecule has 74 heavy (non-hydrogen) atoms. The molecule has 0 heterocycles. The predicted octanol–water partition coefficient (Wildman–Crippen LogP) is 21.1. The van der Waals surface area contributed by atoms with Gasteiger partial charge in [-0.1, -0.05) is 301 Å². The fraction of sp³-hybridized carbons (Fsp3) is 0.882. The Morgan fingerprint density at radius 3 is 0.973 bits per heavy atom. The second-order valence-corrected chi connectivity index (χ2v) is 22.8. The van der Waals surface area contributed by atoms with E-state index in [-0.39, 0.29) is 18.5 Å². The first kappa shape index (κ1) is 72.1. The molecule has 0 aliphatic rings. The van der Waals surface area contributed by atoms with E-state index in [1.807, 2.05) is 6.08 Å². The van der Waals surface area contributed by atoms with Crippen LogP contribution in [-0.4, -0.2) is 47.4 Å². The van der Waals surface area contributed by atoms with E-state index in [9.17, 15) is 19.8 Å². The molecule has 0 saturated carbocycles. The van der Waals surface area contributed by atoms with Crippen LogP contribution in [0.2, 0.25) is 0 Å². The van der Waals surface area contributed by atoms with Crippen molar-refractivity contribution in [3.8, 4) is 0 Å². The van der Waals surface area contributed by atoms with E-state index in [1.54, 1.807) is 6.08 Å². The number of carbonyl (C=O) groups is 2. The fourth-order valence-corrected chi connectivity index (χ4v) is 10.3. The summed E-state index contributed by atoms with van der Waals surface area (Å²) in [5.41, 5.74) is 0. The van der Waals surface area contributed by atoms with Crippen LogP contribution in [0.1, 0.15) is 361 Å². The van der Waals surface area contributed by atoms with E-state index in [2.05, 4.69) is 43.5 Å². The topological polar surface area (TPSA) is 95.9 Å². The summed E-state index contributed by atoms with van der Waals surface area (Å²) in [6.07, 6.45) is 80.8. The lowest BCUT2D eigenvalue weighted by molar-refractivity contribution is -0.143. The molecular formula is C68H129NO5. The molecule has 2 unspecified atom stereocenters. The zero-order chi connectivity index (χ0) is 53.6. The normalized spacial score (nSPS) is 12.8. The molecule has 0 spiro atoms. The Balaban J connectivity index is 3.36. The molecule has 1 amide bonds. The van der Waals surface area contributed by atoms with Gasteiger partial charge in [0, 0.05) is 12.8 Å². The summed E-state index contributed by atoms with van der Waals surface area (Å²) in [6, 6.07) is -0.625. The zero-order valence-electron chi connectivity index (χ0n) is 49.8. The Hall–Kier alpha value is -1.92. The van der Waals surface area contributed by atoms with Gasteiger partial charge in [0.2, 0.25) is 5.91 Å². The molecule has 0 aromatic heterocycles. The van der Waals surface area contributed by atoms with Crippen LogP contribution < -0.4 is 5.32 Å². The molecule has 6 nitrogen and oxygen atoms in total. The maximum Gasteiger partial charge on any atom is 0.305 e. The number of esters is 1. The van der Waals surface area contributed by atoms with Crippen LogP contribution in [0.5, 0.6) is 0 Å². The number of unbranched alkanes of at least 4 members (excludes halogenated alkanes) is 47. The third-order valence-electron chi connectivity index (χ3n) is 15.4. The average Bonchev–Trinajstić information content (AvgIpc) is 3.40. The number of aliphatic hydroxyl groups excluding tert-OH is 2. The van der Waals surface area contributed by atoms with Crippen molar-refractivity contribution in [2.45, 2.75) is 373 Å². The number of rotatable bonds is 62. The van der Waals surface area contributed by atoms with Crippen LogP contribution >= 0.6 is 0 Å². The predicted molar refractivity (Wildman–Crippen MR) is 324 cm³/mol. The Morgan fingerprint density at radius 2 is 0.635 bits per heavy atom. The number of amides is 1. The summed E-state index contributed by atoms with van der Waals surface area (Å²) in [7, 11) is 0.